The summed E-state index contributed by atoms with van der Waals surface area (Å²) in [4.78, 5) is 30.5. The zero-order valence-electron chi connectivity index (χ0n) is 15.6. The number of aryl methyl sites for hydroxylation is 1. The highest BCUT2D eigenvalue weighted by atomic mass is 16.2. The Labute approximate surface area is 161 Å². The maximum atomic E-state index is 13.2. The van der Waals surface area contributed by atoms with E-state index in [0.717, 1.165) is 49.7 Å². The number of H-pyrrole nitrogens is 1. The molecule has 0 unspecified atom stereocenters. The summed E-state index contributed by atoms with van der Waals surface area (Å²) in [6.07, 6.45) is 4.31. The number of tetrazole rings is 1. The minimum atomic E-state index is -0.259. The first-order valence-electron chi connectivity index (χ1n) is 9.96. The lowest BCUT2D eigenvalue weighted by atomic mass is 9.98. The van der Waals surface area contributed by atoms with E-state index in [-0.39, 0.29) is 23.6 Å². The Morgan fingerprint density at radius 3 is 2.75 bits per heavy atom. The van der Waals surface area contributed by atoms with Crippen molar-refractivity contribution in [3.63, 3.8) is 0 Å². The molecule has 1 amide bonds. The zero-order chi connectivity index (χ0) is 19.1. The van der Waals surface area contributed by atoms with E-state index in [1.165, 1.54) is 0 Å². The summed E-state index contributed by atoms with van der Waals surface area (Å²) in [6, 6.07) is 7.86. The van der Waals surface area contributed by atoms with E-state index in [1.807, 2.05) is 33.7 Å². The highest BCUT2D eigenvalue weighted by Crippen LogP contribution is 2.30. The third kappa shape index (κ3) is 2.81. The molecule has 1 atom stereocenters. The molecule has 146 valence electrons. The molecule has 1 aromatic carbocycles. The van der Waals surface area contributed by atoms with E-state index >= 15 is 0 Å². The van der Waals surface area contributed by atoms with Gasteiger partial charge in [-0.05, 0) is 48.2 Å². The molecule has 5 rings (SSSR count). The van der Waals surface area contributed by atoms with Crippen LogP contribution in [0.1, 0.15) is 49.9 Å². The molecule has 28 heavy (non-hydrogen) atoms. The Bertz CT molecular complexity index is 1060. The summed E-state index contributed by atoms with van der Waals surface area (Å²) in [5, 5.41) is 11.9. The second kappa shape index (κ2) is 6.88. The third-order valence-corrected chi connectivity index (χ3v) is 6.05. The van der Waals surface area contributed by atoms with Crippen molar-refractivity contribution in [2.45, 2.75) is 50.6 Å². The number of carbonyl (C=O) groups excluding carboxylic acids is 1. The summed E-state index contributed by atoms with van der Waals surface area (Å²) in [6.45, 7) is 2.07. The normalized spacial score (nSPS) is 20.9. The highest BCUT2D eigenvalue weighted by Gasteiger charge is 2.34. The Kier molecular flexibility index (Phi) is 4.22. The fourth-order valence-electron chi connectivity index (χ4n) is 4.60. The van der Waals surface area contributed by atoms with Crippen molar-refractivity contribution in [3.05, 3.63) is 40.6 Å². The van der Waals surface area contributed by atoms with Crippen molar-refractivity contribution in [2.24, 2.45) is 0 Å². The number of aromatic nitrogens is 6. The number of piperidine rings is 1. The minimum absolute atomic E-state index is 0.0751. The number of rotatable bonds is 2. The molecule has 3 aromatic rings. The summed E-state index contributed by atoms with van der Waals surface area (Å²) in [7, 11) is 0. The molecule has 9 nitrogen and oxygen atoms in total. The Hall–Kier alpha value is -2.97. The molecule has 2 aliphatic rings. The van der Waals surface area contributed by atoms with Crippen molar-refractivity contribution in [1.82, 2.24) is 34.7 Å². The summed E-state index contributed by atoms with van der Waals surface area (Å²) < 4.78 is 3.62. The quantitative estimate of drug-likeness (QED) is 0.724. The van der Waals surface area contributed by atoms with Crippen LogP contribution in [0.4, 0.5) is 0 Å². The Balaban J connectivity index is 1.33. The summed E-state index contributed by atoms with van der Waals surface area (Å²) in [5.74, 6) is 0.546. The van der Waals surface area contributed by atoms with Gasteiger partial charge >= 0.3 is 5.69 Å². The van der Waals surface area contributed by atoms with Gasteiger partial charge in [-0.15, -0.1) is 5.10 Å². The minimum Gasteiger partial charge on any atom is -0.342 e. The van der Waals surface area contributed by atoms with Gasteiger partial charge < -0.3 is 9.88 Å². The zero-order valence-corrected chi connectivity index (χ0v) is 15.6. The van der Waals surface area contributed by atoms with Crippen LogP contribution in [0.25, 0.3) is 11.0 Å². The highest BCUT2D eigenvalue weighted by molar-refractivity contribution is 5.83. The van der Waals surface area contributed by atoms with Crippen molar-refractivity contribution < 1.29 is 4.79 Å². The predicted molar refractivity (Wildman–Crippen MR) is 102 cm³/mol. The molecule has 2 aromatic heterocycles. The van der Waals surface area contributed by atoms with Gasteiger partial charge in [0.25, 0.3) is 0 Å². The molecule has 1 fully saturated rings. The lowest BCUT2D eigenvalue weighted by Gasteiger charge is -2.34. The Morgan fingerprint density at radius 1 is 1.07 bits per heavy atom. The first-order valence-corrected chi connectivity index (χ1v) is 9.96. The van der Waals surface area contributed by atoms with Gasteiger partial charge in [0, 0.05) is 25.7 Å². The van der Waals surface area contributed by atoms with E-state index in [4.69, 9.17) is 0 Å². The lowest BCUT2D eigenvalue weighted by molar-refractivity contribution is -0.134. The fourth-order valence-corrected chi connectivity index (χ4v) is 4.60. The number of likely N-dealkylation sites (tertiary alicyclic amines) is 1. The van der Waals surface area contributed by atoms with E-state index in [2.05, 4.69) is 20.5 Å². The number of hydrogen-bond donors (Lipinski definition) is 1. The van der Waals surface area contributed by atoms with Crippen LogP contribution in [-0.4, -0.2) is 53.7 Å². The first-order chi connectivity index (χ1) is 13.7. The molecule has 0 saturated carbocycles. The van der Waals surface area contributed by atoms with Gasteiger partial charge in [-0.2, -0.15) is 0 Å². The van der Waals surface area contributed by atoms with E-state index < -0.39 is 0 Å². The second-order valence-electron chi connectivity index (χ2n) is 7.68. The number of aromatic amines is 1. The second-order valence-corrected chi connectivity index (χ2v) is 7.68. The molecule has 0 radical (unpaired) electrons. The van der Waals surface area contributed by atoms with Gasteiger partial charge in [-0.1, -0.05) is 18.6 Å². The molecule has 1 saturated heterocycles. The van der Waals surface area contributed by atoms with E-state index in [0.29, 0.717) is 18.9 Å². The van der Waals surface area contributed by atoms with Crippen LogP contribution in [0.15, 0.2) is 29.1 Å². The SMILES string of the molecule is O=C([C@H]1CCCCn2nnnc21)N1CCC(n2c(=O)[nH]c3ccccc32)CC1. The molecule has 9 heteroatoms. The van der Waals surface area contributed by atoms with Crippen LogP contribution in [0, 0.1) is 0 Å². The topological polar surface area (TPSA) is 102 Å². The number of fused-ring (bicyclic) bond motifs is 2. The number of imidazole rings is 1. The summed E-state index contributed by atoms with van der Waals surface area (Å²) >= 11 is 0. The molecule has 0 bridgehead atoms. The van der Waals surface area contributed by atoms with Crippen molar-refractivity contribution in [2.75, 3.05) is 13.1 Å². The van der Waals surface area contributed by atoms with Crippen molar-refractivity contribution in [3.8, 4) is 0 Å². The van der Waals surface area contributed by atoms with E-state index in [1.54, 1.807) is 4.68 Å². The molecular formula is C19H23N7O2. The Morgan fingerprint density at radius 2 is 1.89 bits per heavy atom. The predicted octanol–water partition coefficient (Wildman–Crippen LogP) is 1.45. The number of nitrogens with zero attached hydrogens (tertiary/aromatic N) is 6. The smallest absolute Gasteiger partial charge is 0.326 e. The van der Waals surface area contributed by atoms with Gasteiger partial charge in [0.1, 0.15) is 0 Å². The van der Waals surface area contributed by atoms with Gasteiger partial charge in [-0.25, -0.2) is 9.48 Å². The number of para-hydroxylation sites is 2. The average Bonchev–Trinajstić information content (AvgIpc) is 3.25. The van der Waals surface area contributed by atoms with Crippen molar-refractivity contribution >= 4 is 16.9 Å². The number of nitrogens with one attached hydrogen (secondary N) is 1. The van der Waals surface area contributed by atoms with Crippen LogP contribution < -0.4 is 5.69 Å². The van der Waals surface area contributed by atoms with Gasteiger partial charge in [0.2, 0.25) is 5.91 Å². The average molecular weight is 381 g/mol. The number of hydrogen-bond acceptors (Lipinski definition) is 5. The van der Waals surface area contributed by atoms with E-state index in [9.17, 15) is 9.59 Å². The van der Waals surface area contributed by atoms with Gasteiger partial charge in [0.05, 0.1) is 17.0 Å². The summed E-state index contributed by atoms with van der Waals surface area (Å²) in [5.41, 5.74) is 1.71. The van der Waals surface area contributed by atoms with Crippen LogP contribution >= 0.6 is 0 Å². The maximum absolute atomic E-state index is 13.2. The standard InChI is InChI=1S/C19H23N7O2/c27-18(14-5-3-4-10-25-17(14)21-22-23-25)24-11-8-13(9-12-24)26-16-7-2-1-6-15(16)20-19(26)28/h1-2,6-7,13-14H,3-5,8-12H2,(H,20,28)/t14-/m0/s1. The third-order valence-electron chi connectivity index (χ3n) is 6.05. The van der Waals surface area contributed by atoms with Crippen LogP contribution in [0.3, 0.4) is 0 Å². The largest absolute Gasteiger partial charge is 0.342 e. The van der Waals surface area contributed by atoms with Crippen molar-refractivity contribution in [1.29, 1.82) is 0 Å². The lowest BCUT2D eigenvalue weighted by Crippen LogP contribution is -2.43. The molecule has 0 aliphatic carbocycles. The van der Waals surface area contributed by atoms with Crippen LogP contribution in [-0.2, 0) is 11.3 Å². The number of amides is 1. The number of carbonyl (C=O) groups is 1. The van der Waals surface area contributed by atoms with Crippen LogP contribution in [0.5, 0.6) is 0 Å². The molecule has 0 spiro atoms. The monoisotopic (exact) mass is 381 g/mol. The van der Waals surface area contributed by atoms with Gasteiger partial charge in [0.15, 0.2) is 5.82 Å². The molecule has 2 aliphatic heterocycles. The van der Waals surface area contributed by atoms with Crippen LogP contribution in [0.2, 0.25) is 0 Å². The molecular weight excluding hydrogens is 358 g/mol. The molecule has 4 heterocycles. The fraction of sp³-hybridized carbons (Fsp3) is 0.526. The number of benzene rings is 1. The first kappa shape index (κ1) is 17.2. The maximum Gasteiger partial charge on any atom is 0.326 e. The molecule has 1 N–H and O–H groups in total. The van der Waals surface area contributed by atoms with Gasteiger partial charge in [-0.3, -0.25) is 9.36 Å².